The Hall–Kier alpha value is -1.91. The van der Waals surface area contributed by atoms with Gasteiger partial charge in [0.25, 0.3) is 5.69 Å². The summed E-state index contributed by atoms with van der Waals surface area (Å²) in [5.74, 6) is -0.634. The molecule has 1 aromatic rings. The van der Waals surface area contributed by atoms with Gasteiger partial charge in [0.2, 0.25) is 0 Å². The molecule has 0 fully saturated rings. The van der Waals surface area contributed by atoms with Gasteiger partial charge in [-0.05, 0) is 25.8 Å². The molecule has 0 bridgehead atoms. The van der Waals surface area contributed by atoms with Crippen molar-refractivity contribution in [2.24, 2.45) is 0 Å². The van der Waals surface area contributed by atoms with Crippen LogP contribution in [0, 0.1) is 10.1 Å². The molecule has 0 spiro atoms. The molecule has 0 amide bonds. The second-order valence-corrected chi connectivity index (χ2v) is 4.72. The Labute approximate surface area is 112 Å². The average molecular weight is 265 g/mol. The molecule has 104 valence electrons. The van der Waals surface area contributed by atoms with Gasteiger partial charge in [-0.15, -0.1) is 0 Å². The van der Waals surface area contributed by atoms with Crippen molar-refractivity contribution in [3.63, 3.8) is 0 Å². The molecule has 19 heavy (non-hydrogen) atoms. The van der Waals surface area contributed by atoms with Gasteiger partial charge in [-0.2, -0.15) is 0 Å². The molecule has 1 atom stereocenters. The lowest BCUT2D eigenvalue weighted by Crippen LogP contribution is -2.31. The highest BCUT2D eigenvalue weighted by atomic mass is 16.6. The van der Waals surface area contributed by atoms with Gasteiger partial charge in [-0.3, -0.25) is 10.1 Å². The van der Waals surface area contributed by atoms with E-state index in [-0.39, 0.29) is 11.3 Å². The predicted molar refractivity (Wildman–Crippen MR) is 72.1 cm³/mol. The van der Waals surface area contributed by atoms with Crippen molar-refractivity contribution in [3.05, 3.63) is 39.9 Å². The first kappa shape index (κ1) is 15.1. The minimum Gasteiger partial charge on any atom is -0.456 e. The summed E-state index contributed by atoms with van der Waals surface area (Å²) >= 11 is 0. The van der Waals surface area contributed by atoms with E-state index in [4.69, 9.17) is 4.74 Å². The molecule has 1 rings (SSSR count). The number of esters is 1. The van der Waals surface area contributed by atoms with Gasteiger partial charge in [0, 0.05) is 6.07 Å². The normalized spacial score (nSPS) is 13.6. The molecule has 0 aliphatic rings. The number of carbonyl (C=O) groups is 1. The third kappa shape index (κ3) is 3.77. The fourth-order valence-corrected chi connectivity index (χ4v) is 1.91. The zero-order valence-electron chi connectivity index (χ0n) is 11.5. The van der Waals surface area contributed by atoms with Crippen molar-refractivity contribution in [2.45, 2.75) is 45.6 Å². The SMILES string of the molecule is CCC[C@](C)(CC)OC(=O)c1ccccc1[N+](=O)[O-]. The van der Waals surface area contributed by atoms with Crippen LogP contribution >= 0.6 is 0 Å². The maximum Gasteiger partial charge on any atom is 0.345 e. The highest BCUT2D eigenvalue weighted by Gasteiger charge is 2.29. The predicted octanol–water partition coefficient (Wildman–Crippen LogP) is 3.72. The standard InChI is InChI=1S/C14H19NO4/c1-4-10-14(3,5-2)19-13(16)11-8-6-7-9-12(11)15(17)18/h6-9H,4-5,10H2,1-3H3/t14-/m0/s1. The minimum absolute atomic E-state index is 0.00304. The molecule has 0 unspecified atom stereocenters. The molecule has 0 aromatic heterocycles. The smallest absolute Gasteiger partial charge is 0.345 e. The van der Waals surface area contributed by atoms with Gasteiger partial charge in [0.05, 0.1) is 4.92 Å². The lowest BCUT2D eigenvalue weighted by molar-refractivity contribution is -0.385. The van der Waals surface area contributed by atoms with Crippen LogP contribution in [0.2, 0.25) is 0 Å². The van der Waals surface area contributed by atoms with Crippen molar-refractivity contribution in [3.8, 4) is 0 Å². The van der Waals surface area contributed by atoms with Crippen LogP contribution in [0.15, 0.2) is 24.3 Å². The third-order valence-electron chi connectivity index (χ3n) is 3.19. The van der Waals surface area contributed by atoms with Crippen LogP contribution in [-0.2, 0) is 4.74 Å². The largest absolute Gasteiger partial charge is 0.456 e. The topological polar surface area (TPSA) is 69.4 Å². The molecule has 0 saturated heterocycles. The first-order chi connectivity index (χ1) is 8.93. The van der Waals surface area contributed by atoms with E-state index in [0.29, 0.717) is 6.42 Å². The molecule has 0 radical (unpaired) electrons. The number of ether oxygens (including phenoxy) is 1. The number of nitro benzene ring substituents is 1. The maximum absolute atomic E-state index is 12.1. The zero-order valence-corrected chi connectivity index (χ0v) is 11.5. The van der Waals surface area contributed by atoms with Gasteiger partial charge < -0.3 is 4.74 Å². The van der Waals surface area contributed by atoms with Gasteiger partial charge >= 0.3 is 5.97 Å². The number of hydrogen-bond donors (Lipinski definition) is 0. The third-order valence-corrected chi connectivity index (χ3v) is 3.19. The van der Waals surface area contributed by atoms with E-state index in [1.165, 1.54) is 18.2 Å². The van der Waals surface area contributed by atoms with Crippen LogP contribution in [0.1, 0.15) is 50.4 Å². The van der Waals surface area contributed by atoms with Gasteiger partial charge in [-0.25, -0.2) is 4.79 Å². The summed E-state index contributed by atoms with van der Waals surface area (Å²) in [6.45, 7) is 5.79. The monoisotopic (exact) mass is 265 g/mol. The Bertz CT molecular complexity index is 472. The summed E-state index contributed by atoms with van der Waals surface area (Å²) in [4.78, 5) is 22.4. The molecule has 0 aliphatic carbocycles. The number of benzene rings is 1. The summed E-state index contributed by atoms with van der Waals surface area (Å²) in [5, 5.41) is 10.9. The van der Waals surface area contributed by atoms with Crippen LogP contribution in [0.4, 0.5) is 5.69 Å². The molecular weight excluding hydrogens is 246 g/mol. The van der Waals surface area contributed by atoms with Crippen LogP contribution in [-0.4, -0.2) is 16.5 Å². The van der Waals surface area contributed by atoms with E-state index in [1.54, 1.807) is 6.07 Å². The number of hydrogen-bond acceptors (Lipinski definition) is 4. The van der Waals surface area contributed by atoms with Crippen molar-refractivity contribution in [2.75, 3.05) is 0 Å². The fourth-order valence-electron chi connectivity index (χ4n) is 1.91. The second kappa shape index (κ2) is 6.31. The second-order valence-electron chi connectivity index (χ2n) is 4.72. The van der Waals surface area contributed by atoms with Crippen molar-refractivity contribution < 1.29 is 14.5 Å². The minimum atomic E-state index is -0.634. The van der Waals surface area contributed by atoms with Gasteiger partial charge in [-0.1, -0.05) is 32.4 Å². The van der Waals surface area contributed by atoms with Crippen molar-refractivity contribution >= 4 is 11.7 Å². The quantitative estimate of drug-likeness (QED) is 0.446. The van der Waals surface area contributed by atoms with E-state index in [0.717, 1.165) is 12.8 Å². The molecule has 0 heterocycles. The van der Waals surface area contributed by atoms with E-state index < -0.39 is 16.5 Å². The summed E-state index contributed by atoms with van der Waals surface area (Å²) < 4.78 is 5.46. The molecule has 0 N–H and O–H groups in total. The highest BCUT2D eigenvalue weighted by molar-refractivity contribution is 5.94. The fraction of sp³-hybridized carbons (Fsp3) is 0.500. The van der Waals surface area contributed by atoms with Crippen LogP contribution < -0.4 is 0 Å². The van der Waals surface area contributed by atoms with E-state index in [1.807, 2.05) is 20.8 Å². The summed E-state index contributed by atoms with van der Waals surface area (Å²) in [6.07, 6.45) is 2.29. The number of nitrogens with zero attached hydrogens (tertiary/aromatic N) is 1. The van der Waals surface area contributed by atoms with Crippen LogP contribution in [0.3, 0.4) is 0 Å². The van der Waals surface area contributed by atoms with Crippen LogP contribution in [0.25, 0.3) is 0 Å². The van der Waals surface area contributed by atoms with E-state index >= 15 is 0 Å². The first-order valence-corrected chi connectivity index (χ1v) is 6.40. The van der Waals surface area contributed by atoms with Gasteiger partial charge in [0.15, 0.2) is 0 Å². The zero-order chi connectivity index (χ0) is 14.5. The van der Waals surface area contributed by atoms with Crippen molar-refractivity contribution in [1.82, 2.24) is 0 Å². The van der Waals surface area contributed by atoms with E-state index in [9.17, 15) is 14.9 Å². The molecular formula is C14H19NO4. The van der Waals surface area contributed by atoms with E-state index in [2.05, 4.69) is 0 Å². The number of rotatable bonds is 6. The average Bonchev–Trinajstić information content (AvgIpc) is 2.38. The molecule has 5 nitrogen and oxygen atoms in total. The summed E-state index contributed by atoms with van der Waals surface area (Å²) in [5.41, 5.74) is -0.791. The Morgan fingerprint density at radius 1 is 1.37 bits per heavy atom. The van der Waals surface area contributed by atoms with Crippen molar-refractivity contribution in [1.29, 1.82) is 0 Å². The lowest BCUT2D eigenvalue weighted by Gasteiger charge is -2.27. The number of para-hydroxylation sites is 1. The molecule has 1 aromatic carbocycles. The number of carbonyl (C=O) groups excluding carboxylic acids is 1. The van der Waals surface area contributed by atoms with Crippen LogP contribution in [0.5, 0.6) is 0 Å². The molecule has 0 aliphatic heterocycles. The Kier molecular flexibility index (Phi) is 5.03. The van der Waals surface area contributed by atoms with Gasteiger partial charge in [0.1, 0.15) is 11.2 Å². The number of nitro groups is 1. The first-order valence-electron chi connectivity index (χ1n) is 6.40. The Balaban J connectivity index is 2.98. The highest BCUT2D eigenvalue weighted by Crippen LogP contribution is 2.26. The Morgan fingerprint density at radius 2 is 2.00 bits per heavy atom. The summed E-state index contributed by atoms with van der Waals surface area (Å²) in [7, 11) is 0. The Morgan fingerprint density at radius 3 is 2.53 bits per heavy atom. The summed E-state index contributed by atoms with van der Waals surface area (Å²) in [6, 6.07) is 5.84. The molecule has 0 saturated carbocycles. The lowest BCUT2D eigenvalue weighted by atomic mass is 9.97. The molecule has 5 heteroatoms. The maximum atomic E-state index is 12.1.